The first-order valence-corrected chi connectivity index (χ1v) is 11.4. The smallest absolute Gasteiger partial charge is 0.407 e. The molecule has 1 N–H and O–H groups in total. The van der Waals surface area contributed by atoms with Crippen LogP contribution in [0, 0.1) is 5.92 Å². The molecule has 0 saturated heterocycles. The number of alkyl carbamates (subject to hydrolysis) is 1. The number of nitrogens with zero attached hydrogens (tertiary/aromatic N) is 1. The molecule has 0 bridgehead atoms. The number of sulfonamides is 1. The number of nitrogens with one attached hydrogen (secondary N) is 1. The van der Waals surface area contributed by atoms with Crippen molar-refractivity contribution in [1.82, 2.24) is 9.62 Å². The quantitative estimate of drug-likeness (QED) is 0.589. The fourth-order valence-electron chi connectivity index (χ4n) is 2.68. The van der Waals surface area contributed by atoms with E-state index in [2.05, 4.69) is 5.32 Å². The number of hydrogen-bond acceptors (Lipinski definition) is 6. The van der Waals surface area contributed by atoms with Gasteiger partial charge in [-0.15, -0.1) is 0 Å². The average Bonchev–Trinajstić information content (AvgIpc) is 2.62. The number of ether oxygens (including phenoxy) is 2. The summed E-state index contributed by atoms with van der Waals surface area (Å²) in [6.45, 7) is 11.2. The molecule has 0 heterocycles. The second-order valence-corrected chi connectivity index (χ2v) is 10.4. The van der Waals surface area contributed by atoms with Gasteiger partial charge in [-0.25, -0.2) is 13.2 Å². The molecule has 0 saturated carbocycles. The number of carbonyl (C=O) groups is 2. The minimum absolute atomic E-state index is 0.0593. The van der Waals surface area contributed by atoms with Gasteiger partial charge in [-0.2, -0.15) is 4.31 Å². The van der Waals surface area contributed by atoms with Crippen LogP contribution in [0.4, 0.5) is 4.79 Å². The average molecular weight is 443 g/mol. The Balaban J connectivity index is 2.93. The van der Waals surface area contributed by atoms with E-state index in [4.69, 9.17) is 9.47 Å². The molecule has 0 aliphatic heterocycles. The van der Waals surface area contributed by atoms with Crippen LogP contribution in [0.2, 0.25) is 0 Å². The van der Waals surface area contributed by atoms with Gasteiger partial charge in [-0.05, 0) is 57.7 Å². The van der Waals surface area contributed by atoms with E-state index in [9.17, 15) is 18.0 Å². The molecule has 0 spiro atoms. The van der Waals surface area contributed by atoms with Gasteiger partial charge in [0.25, 0.3) is 0 Å². The van der Waals surface area contributed by atoms with Crippen molar-refractivity contribution < 1.29 is 27.5 Å². The first kappa shape index (κ1) is 25.9. The zero-order chi connectivity index (χ0) is 23.1. The lowest BCUT2D eigenvalue weighted by Gasteiger charge is -2.27. The van der Waals surface area contributed by atoms with Crippen molar-refractivity contribution in [3.63, 3.8) is 0 Å². The van der Waals surface area contributed by atoms with E-state index in [0.29, 0.717) is 12.0 Å². The predicted octanol–water partition coefficient (Wildman–Crippen LogP) is 3.31. The maximum absolute atomic E-state index is 13.0. The highest BCUT2D eigenvalue weighted by Crippen LogP contribution is 2.22. The lowest BCUT2D eigenvalue weighted by molar-refractivity contribution is -0.147. The fourth-order valence-corrected chi connectivity index (χ4v) is 4.00. The van der Waals surface area contributed by atoms with E-state index < -0.39 is 33.7 Å². The van der Waals surface area contributed by atoms with Crippen molar-refractivity contribution in [3.8, 4) is 0 Å². The number of likely N-dealkylation sites (N-methyl/N-ethyl adjacent to an activating group) is 1. The predicted molar refractivity (Wildman–Crippen MR) is 114 cm³/mol. The summed E-state index contributed by atoms with van der Waals surface area (Å²) in [6.07, 6.45) is -0.197. The summed E-state index contributed by atoms with van der Waals surface area (Å²) in [4.78, 5) is 24.1. The molecular formula is C21H34N2O6S. The van der Waals surface area contributed by atoms with Crippen LogP contribution >= 0.6 is 0 Å². The number of esters is 1. The molecule has 0 aliphatic carbocycles. The number of rotatable bonds is 9. The van der Waals surface area contributed by atoms with E-state index in [-0.39, 0.29) is 24.0 Å². The molecule has 1 aromatic carbocycles. The molecule has 0 aromatic heterocycles. The summed E-state index contributed by atoms with van der Waals surface area (Å²) in [5.74, 6) is -0.450. The highest BCUT2D eigenvalue weighted by molar-refractivity contribution is 7.89. The Morgan fingerprint density at radius 2 is 1.70 bits per heavy atom. The number of amides is 1. The Morgan fingerprint density at radius 1 is 1.13 bits per heavy atom. The van der Waals surface area contributed by atoms with Crippen molar-refractivity contribution in [1.29, 1.82) is 0 Å². The summed E-state index contributed by atoms with van der Waals surface area (Å²) in [7, 11) is -2.51. The summed E-state index contributed by atoms with van der Waals surface area (Å²) in [5.41, 5.74) is 0.115. The summed E-state index contributed by atoms with van der Waals surface area (Å²) in [5, 5.41) is 2.62. The molecule has 0 fully saturated rings. The van der Waals surface area contributed by atoms with Gasteiger partial charge in [-0.1, -0.05) is 26.0 Å². The normalized spacial score (nSPS) is 13.2. The van der Waals surface area contributed by atoms with Crippen molar-refractivity contribution in [2.75, 3.05) is 13.7 Å². The first-order valence-electron chi connectivity index (χ1n) is 9.98. The molecule has 30 heavy (non-hydrogen) atoms. The third-order valence-electron chi connectivity index (χ3n) is 4.13. The van der Waals surface area contributed by atoms with Crippen LogP contribution < -0.4 is 5.32 Å². The zero-order valence-electron chi connectivity index (χ0n) is 18.9. The number of carbonyl (C=O) groups excluding carboxylic acids is 2. The number of benzene rings is 1. The van der Waals surface area contributed by atoms with E-state index in [1.54, 1.807) is 39.8 Å². The highest BCUT2D eigenvalue weighted by Gasteiger charge is 2.34. The van der Waals surface area contributed by atoms with Crippen LogP contribution in [-0.2, 0) is 30.8 Å². The Labute approximate surface area is 180 Å². The van der Waals surface area contributed by atoms with Crippen molar-refractivity contribution in [2.45, 2.75) is 71.0 Å². The summed E-state index contributed by atoms with van der Waals surface area (Å²) >= 11 is 0. The fraction of sp³-hybridized carbons (Fsp3) is 0.619. The molecule has 1 rings (SSSR count). The molecule has 0 aliphatic rings. The largest absolute Gasteiger partial charge is 0.465 e. The molecule has 170 valence electrons. The van der Waals surface area contributed by atoms with Crippen molar-refractivity contribution in [2.24, 2.45) is 5.92 Å². The third-order valence-corrected chi connectivity index (χ3v) is 6.01. The molecule has 1 aromatic rings. The third kappa shape index (κ3) is 7.95. The van der Waals surface area contributed by atoms with E-state index in [1.807, 2.05) is 13.8 Å². The van der Waals surface area contributed by atoms with Crippen LogP contribution in [0.25, 0.3) is 0 Å². The van der Waals surface area contributed by atoms with Gasteiger partial charge in [0.05, 0.1) is 11.5 Å². The summed E-state index contributed by atoms with van der Waals surface area (Å²) in [6, 6.07) is 5.23. The second-order valence-electron chi connectivity index (χ2n) is 8.42. The molecule has 0 unspecified atom stereocenters. The first-order chi connectivity index (χ1) is 13.8. The second kappa shape index (κ2) is 10.8. The van der Waals surface area contributed by atoms with Gasteiger partial charge in [0.15, 0.2) is 0 Å². The maximum atomic E-state index is 13.0. The Hall–Kier alpha value is -2.13. The standard InChI is InChI=1S/C21H34N2O6S/c1-8-28-19(24)18(13-15(2)3)23(7)30(26,27)17-11-9-16(10-12-17)14-22-20(25)29-21(4,5)6/h9-12,15,18H,8,13-14H2,1-7H3,(H,22,25)/t18-/m0/s1. The van der Waals surface area contributed by atoms with E-state index in [0.717, 1.165) is 4.31 Å². The van der Waals surface area contributed by atoms with Crippen LogP contribution in [0.3, 0.4) is 0 Å². The lowest BCUT2D eigenvalue weighted by atomic mass is 10.0. The molecular weight excluding hydrogens is 408 g/mol. The molecule has 8 nitrogen and oxygen atoms in total. The zero-order valence-corrected chi connectivity index (χ0v) is 19.7. The minimum atomic E-state index is -3.90. The van der Waals surface area contributed by atoms with Gasteiger partial charge in [0, 0.05) is 13.6 Å². The molecule has 1 amide bonds. The lowest BCUT2D eigenvalue weighted by Crippen LogP contribution is -2.44. The van der Waals surface area contributed by atoms with Crippen molar-refractivity contribution in [3.05, 3.63) is 29.8 Å². The van der Waals surface area contributed by atoms with Crippen molar-refractivity contribution >= 4 is 22.1 Å². The maximum Gasteiger partial charge on any atom is 0.407 e. The Kier molecular flexibility index (Phi) is 9.30. The SMILES string of the molecule is CCOC(=O)[C@H](CC(C)C)N(C)S(=O)(=O)c1ccc(CNC(=O)OC(C)(C)C)cc1. The molecule has 9 heteroatoms. The number of hydrogen-bond donors (Lipinski definition) is 1. The van der Waals surface area contributed by atoms with E-state index >= 15 is 0 Å². The van der Waals surface area contributed by atoms with Gasteiger partial charge >= 0.3 is 12.1 Å². The van der Waals surface area contributed by atoms with Crippen LogP contribution in [0.1, 0.15) is 53.5 Å². The Morgan fingerprint density at radius 3 is 2.17 bits per heavy atom. The topological polar surface area (TPSA) is 102 Å². The van der Waals surface area contributed by atoms with Gasteiger partial charge in [0.2, 0.25) is 10.0 Å². The minimum Gasteiger partial charge on any atom is -0.465 e. The van der Waals surface area contributed by atoms with Crippen LogP contribution in [-0.4, -0.2) is 50.1 Å². The highest BCUT2D eigenvalue weighted by atomic mass is 32.2. The summed E-state index contributed by atoms with van der Waals surface area (Å²) < 4.78 is 37.4. The monoisotopic (exact) mass is 442 g/mol. The van der Waals surface area contributed by atoms with Crippen LogP contribution in [0.15, 0.2) is 29.2 Å². The molecule has 0 radical (unpaired) electrons. The van der Waals surface area contributed by atoms with Crippen LogP contribution in [0.5, 0.6) is 0 Å². The van der Waals surface area contributed by atoms with Gasteiger partial charge in [-0.3, -0.25) is 4.79 Å². The van der Waals surface area contributed by atoms with E-state index in [1.165, 1.54) is 19.2 Å². The molecule has 1 atom stereocenters. The van der Waals surface area contributed by atoms with Gasteiger partial charge in [0.1, 0.15) is 11.6 Å². The van der Waals surface area contributed by atoms with Gasteiger partial charge < -0.3 is 14.8 Å². The Bertz CT molecular complexity index is 813.